The third-order valence-electron chi connectivity index (χ3n) is 5.38. The zero-order chi connectivity index (χ0) is 24.5. The second-order valence-corrected chi connectivity index (χ2v) is 7.87. The van der Waals surface area contributed by atoms with E-state index in [2.05, 4.69) is 5.32 Å². The molecule has 13 heteroatoms. The molecule has 0 radical (unpaired) electrons. The van der Waals surface area contributed by atoms with E-state index in [1.54, 1.807) is 6.92 Å². The van der Waals surface area contributed by atoms with E-state index in [9.17, 15) is 39.9 Å². The first-order valence-electron chi connectivity index (χ1n) is 10.0. The predicted molar refractivity (Wildman–Crippen MR) is 108 cm³/mol. The molecule has 2 heterocycles. The molecule has 5 N–H and O–H groups in total. The summed E-state index contributed by atoms with van der Waals surface area (Å²) in [5.41, 5.74) is 0.0901. The second kappa shape index (κ2) is 11.1. The van der Waals surface area contributed by atoms with Crippen LogP contribution in [-0.4, -0.2) is 75.2 Å². The van der Waals surface area contributed by atoms with Crippen molar-refractivity contribution in [3.05, 3.63) is 40.2 Å². The van der Waals surface area contributed by atoms with Gasteiger partial charge in [-0.3, -0.25) is 4.79 Å². The Labute approximate surface area is 215 Å². The molecule has 1 aliphatic rings. The normalized spacial score (nSPS) is 26.2. The molecule has 180 valence electrons. The predicted octanol–water partition coefficient (Wildman–Crippen LogP) is -5.70. The average molecular weight is 489 g/mol. The maximum Gasteiger partial charge on any atom is 1.00 e. The Hall–Kier alpha value is -2.03. The first kappa shape index (κ1) is 28.2. The molecule has 12 nitrogen and oxygen atoms in total. The number of aryl methyl sites for hydroxylation is 1. The summed E-state index contributed by atoms with van der Waals surface area (Å²) in [6, 6.07) is 4.09. The molecule has 1 aliphatic heterocycles. The van der Waals surface area contributed by atoms with Crippen LogP contribution in [0.1, 0.15) is 18.9 Å². The number of nitrogens with one attached hydrogen (secondary N) is 1. The van der Waals surface area contributed by atoms with Gasteiger partial charge in [-0.2, -0.15) is 0 Å². The Balaban J connectivity index is 0.00000408. The molecule has 3 rings (SSSR count). The third-order valence-corrected chi connectivity index (χ3v) is 5.38. The van der Waals surface area contributed by atoms with Crippen LogP contribution < -0.4 is 50.3 Å². The van der Waals surface area contributed by atoms with Gasteiger partial charge in [0.1, 0.15) is 35.6 Å². The summed E-state index contributed by atoms with van der Waals surface area (Å²) in [7, 11) is 0. The van der Waals surface area contributed by atoms with Crippen LogP contribution in [0.2, 0.25) is 0 Å². The van der Waals surface area contributed by atoms with Crippen molar-refractivity contribution in [2.24, 2.45) is 0 Å². The molecule has 1 saturated heterocycles. The molecule has 0 spiro atoms. The average Bonchev–Trinajstić information content (AvgIpc) is 2.73. The van der Waals surface area contributed by atoms with Crippen molar-refractivity contribution in [1.29, 1.82) is 0 Å². The topological polar surface area (TPSA) is 199 Å². The zero-order valence-electron chi connectivity index (χ0n) is 18.8. The van der Waals surface area contributed by atoms with Gasteiger partial charge in [-0.15, -0.1) is 0 Å². The Morgan fingerprint density at radius 1 is 1.32 bits per heavy atom. The van der Waals surface area contributed by atoms with Crippen molar-refractivity contribution in [3.8, 4) is 5.75 Å². The molecule has 2 aromatic rings. The second-order valence-electron chi connectivity index (χ2n) is 7.87. The zero-order valence-corrected chi connectivity index (χ0v) is 20.8. The van der Waals surface area contributed by atoms with E-state index in [4.69, 9.17) is 13.9 Å². The number of aliphatic carboxylic acids is 1. The number of ether oxygens (including phenoxy) is 2. The van der Waals surface area contributed by atoms with Gasteiger partial charge in [-0.25, -0.2) is 4.79 Å². The van der Waals surface area contributed by atoms with Crippen LogP contribution in [-0.2, 0) is 14.3 Å². The SMILES string of the molecule is CC(=O)NC1C(O)CC(Oc2ccc3c(C)cc(=O)oc3c2)(C(=O)[O-])OC1C(O)C(O)CO.[Na+]. The quantitative estimate of drug-likeness (QED) is 0.183. The maximum atomic E-state index is 12.1. The van der Waals surface area contributed by atoms with Gasteiger partial charge in [0.25, 0.3) is 5.79 Å². The van der Waals surface area contributed by atoms with Crippen molar-refractivity contribution in [2.75, 3.05) is 6.61 Å². The van der Waals surface area contributed by atoms with E-state index < -0.39 is 66.8 Å². The van der Waals surface area contributed by atoms with Crippen LogP contribution >= 0.6 is 0 Å². The molecule has 0 bridgehead atoms. The van der Waals surface area contributed by atoms with Gasteiger partial charge in [-0.1, -0.05) is 0 Å². The fourth-order valence-electron chi connectivity index (χ4n) is 3.78. The van der Waals surface area contributed by atoms with E-state index in [1.807, 2.05) is 0 Å². The number of carbonyl (C=O) groups is 2. The van der Waals surface area contributed by atoms with Gasteiger partial charge < -0.3 is 49.5 Å². The van der Waals surface area contributed by atoms with Crippen molar-refractivity contribution in [3.63, 3.8) is 0 Å². The molecule has 1 amide bonds. The molecular weight excluding hydrogens is 465 g/mol. The van der Waals surface area contributed by atoms with Gasteiger partial charge in [0.15, 0.2) is 0 Å². The van der Waals surface area contributed by atoms with Gasteiger partial charge in [0.05, 0.1) is 18.8 Å². The summed E-state index contributed by atoms with van der Waals surface area (Å²) in [5, 5.41) is 55.1. The molecular formula is C21H24NNaO11. The molecule has 6 unspecified atom stereocenters. The Morgan fingerprint density at radius 2 is 2.00 bits per heavy atom. The fourth-order valence-corrected chi connectivity index (χ4v) is 3.78. The monoisotopic (exact) mass is 489 g/mol. The maximum absolute atomic E-state index is 12.1. The number of fused-ring (bicyclic) bond motifs is 1. The van der Waals surface area contributed by atoms with Gasteiger partial charge in [0, 0.05) is 30.9 Å². The van der Waals surface area contributed by atoms with Gasteiger partial charge in [0.2, 0.25) is 5.91 Å². The summed E-state index contributed by atoms with van der Waals surface area (Å²) in [6.45, 7) is 1.90. The standard InChI is InChI=1S/C21H25NO11.Na/c1-9-5-16(27)31-15-6-11(3-4-12(9)15)32-21(20(29)30)7-13(25)17(22-10(2)24)19(33-21)18(28)14(26)8-23;/h3-6,13-14,17-19,23,25-26,28H,7-8H2,1-2H3,(H,22,24)(H,29,30);/q;+1/p-1. The van der Waals surface area contributed by atoms with Crippen LogP contribution in [0.25, 0.3) is 11.0 Å². The summed E-state index contributed by atoms with van der Waals surface area (Å²) in [6.07, 6.45) is -7.76. The van der Waals surface area contributed by atoms with Crippen LogP contribution in [0.5, 0.6) is 5.75 Å². The first-order chi connectivity index (χ1) is 15.5. The minimum Gasteiger partial charge on any atom is -0.543 e. The number of carboxylic acid groups (broad SMARTS) is 1. The smallest absolute Gasteiger partial charge is 0.543 e. The van der Waals surface area contributed by atoms with Gasteiger partial charge in [-0.05, 0) is 24.6 Å². The largest absolute Gasteiger partial charge is 1.00 e. The van der Waals surface area contributed by atoms with Crippen LogP contribution in [0.4, 0.5) is 0 Å². The Bertz CT molecular complexity index is 1110. The number of carboxylic acids is 1. The number of carbonyl (C=O) groups excluding carboxylic acids is 2. The van der Waals surface area contributed by atoms with Crippen molar-refractivity contribution in [1.82, 2.24) is 5.32 Å². The minimum absolute atomic E-state index is 0. The van der Waals surface area contributed by atoms with Gasteiger partial charge >= 0.3 is 35.2 Å². The van der Waals surface area contributed by atoms with Crippen LogP contribution in [0.3, 0.4) is 0 Å². The molecule has 1 aromatic carbocycles. The van der Waals surface area contributed by atoms with Crippen molar-refractivity contribution in [2.45, 2.75) is 56.5 Å². The number of aliphatic hydroxyl groups excluding tert-OH is 4. The number of rotatable bonds is 7. The van der Waals surface area contributed by atoms with E-state index in [0.717, 1.165) is 6.92 Å². The Kier molecular flexibility index (Phi) is 9.24. The minimum atomic E-state index is -2.66. The van der Waals surface area contributed by atoms with Crippen LogP contribution in [0.15, 0.2) is 33.5 Å². The summed E-state index contributed by atoms with van der Waals surface area (Å²) >= 11 is 0. The molecule has 0 saturated carbocycles. The fraction of sp³-hybridized carbons (Fsp3) is 0.476. The number of aliphatic hydroxyl groups is 4. The molecule has 1 fully saturated rings. The molecule has 34 heavy (non-hydrogen) atoms. The summed E-state index contributed by atoms with van der Waals surface area (Å²) in [4.78, 5) is 35.4. The summed E-state index contributed by atoms with van der Waals surface area (Å²) < 4.78 is 16.1. The third kappa shape index (κ3) is 5.78. The van der Waals surface area contributed by atoms with Crippen molar-refractivity contribution < 1.29 is 78.6 Å². The number of benzene rings is 1. The van der Waals surface area contributed by atoms with E-state index >= 15 is 0 Å². The first-order valence-corrected chi connectivity index (χ1v) is 10.0. The summed E-state index contributed by atoms with van der Waals surface area (Å²) in [5.74, 6) is -5.32. The Morgan fingerprint density at radius 3 is 2.59 bits per heavy atom. The number of hydrogen-bond acceptors (Lipinski definition) is 11. The van der Waals surface area contributed by atoms with E-state index in [0.29, 0.717) is 10.9 Å². The van der Waals surface area contributed by atoms with Crippen molar-refractivity contribution >= 4 is 22.8 Å². The molecule has 6 atom stereocenters. The molecule has 1 aromatic heterocycles. The number of amides is 1. The molecule has 0 aliphatic carbocycles. The van der Waals surface area contributed by atoms with E-state index in [-0.39, 0.29) is 40.9 Å². The van der Waals surface area contributed by atoms with Crippen LogP contribution in [0, 0.1) is 6.92 Å². The number of hydrogen-bond donors (Lipinski definition) is 5. The van der Waals surface area contributed by atoms with E-state index in [1.165, 1.54) is 24.3 Å².